The summed E-state index contributed by atoms with van der Waals surface area (Å²) in [7, 11) is 3.25. The van der Waals surface area contributed by atoms with E-state index in [0.717, 1.165) is 10.2 Å². The summed E-state index contributed by atoms with van der Waals surface area (Å²) in [5, 5.41) is 3.45. The number of aromatic nitrogens is 1. The third-order valence-electron chi connectivity index (χ3n) is 3.29. The fourth-order valence-corrected chi connectivity index (χ4v) is 2.54. The second-order valence-electron chi connectivity index (χ2n) is 4.65. The van der Waals surface area contributed by atoms with Crippen molar-refractivity contribution >= 4 is 15.9 Å². The first kappa shape index (κ1) is 15.8. The third kappa shape index (κ3) is 3.95. The predicted octanol–water partition coefficient (Wildman–Crippen LogP) is 3.71. The largest absolute Gasteiger partial charge is 0.493 e. The van der Waals surface area contributed by atoms with Crippen LogP contribution in [0.5, 0.6) is 11.5 Å². The van der Waals surface area contributed by atoms with Gasteiger partial charge in [-0.15, -0.1) is 0 Å². The van der Waals surface area contributed by atoms with E-state index in [-0.39, 0.29) is 6.04 Å². The summed E-state index contributed by atoms with van der Waals surface area (Å²) in [6, 6.07) is 10.2. The third-order valence-corrected chi connectivity index (χ3v) is 3.78. The fourth-order valence-electron chi connectivity index (χ4n) is 2.12. The maximum atomic E-state index is 5.39. The zero-order chi connectivity index (χ0) is 15.2. The van der Waals surface area contributed by atoms with E-state index in [1.807, 2.05) is 12.1 Å². The van der Waals surface area contributed by atoms with Gasteiger partial charge in [0.15, 0.2) is 11.5 Å². The molecule has 1 aromatic carbocycles. The van der Waals surface area contributed by atoms with Crippen molar-refractivity contribution in [2.24, 2.45) is 0 Å². The number of pyridine rings is 1. The van der Waals surface area contributed by atoms with E-state index in [4.69, 9.17) is 9.47 Å². The van der Waals surface area contributed by atoms with Gasteiger partial charge in [0.25, 0.3) is 0 Å². The quantitative estimate of drug-likeness (QED) is 0.862. The van der Waals surface area contributed by atoms with Crippen LogP contribution in [-0.2, 0) is 6.54 Å². The molecule has 4 nitrogen and oxygen atoms in total. The predicted molar refractivity (Wildman–Crippen MR) is 86.7 cm³/mol. The molecule has 0 radical (unpaired) electrons. The first-order valence-corrected chi connectivity index (χ1v) is 7.49. The van der Waals surface area contributed by atoms with Crippen LogP contribution in [0.15, 0.2) is 41.0 Å². The molecule has 5 heteroatoms. The molecule has 0 saturated carbocycles. The molecule has 0 bridgehead atoms. The molecule has 1 atom stereocenters. The zero-order valence-electron chi connectivity index (χ0n) is 12.4. The van der Waals surface area contributed by atoms with Gasteiger partial charge in [-0.2, -0.15) is 0 Å². The molecular weight excluding hydrogens is 332 g/mol. The summed E-state index contributed by atoms with van der Waals surface area (Å²) in [5.74, 6) is 1.37. The topological polar surface area (TPSA) is 43.4 Å². The summed E-state index contributed by atoms with van der Waals surface area (Å²) in [6.07, 6.45) is 1.72. The van der Waals surface area contributed by atoms with Crippen LogP contribution in [0, 0.1) is 0 Å². The van der Waals surface area contributed by atoms with Gasteiger partial charge >= 0.3 is 0 Å². The van der Waals surface area contributed by atoms with Crippen LogP contribution >= 0.6 is 15.9 Å². The van der Waals surface area contributed by atoms with Gasteiger partial charge in [0.1, 0.15) is 0 Å². The second-order valence-corrected chi connectivity index (χ2v) is 5.57. The van der Waals surface area contributed by atoms with Gasteiger partial charge in [0.05, 0.1) is 19.9 Å². The monoisotopic (exact) mass is 350 g/mol. The molecule has 21 heavy (non-hydrogen) atoms. The lowest BCUT2D eigenvalue weighted by Crippen LogP contribution is -2.19. The van der Waals surface area contributed by atoms with E-state index in [1.54, 1.807) is 26.5 Å². The molecule has 0 spiro atoms. The SMILES string of the molecule is COc1ccnc(CN[C@H](C)c2cccc(Br)c2)c1OC. The van der Waals surface area contributed by atoms with Crippen LogP contribution in [0.4, 0.5) is 0 Å². The van der Waals surface area contributed by atoms with Crippen LogP contribution in [-0.4, -0.2) is 19.2 Å². The van der Waals surface area contributed by atoms with Gasteiger partial charge in [-0.05, 0) is 24.6 Å². The van der Waals surface area contributed by atoms with Crippen LogP contribution in [0.3, 0.4) is 0 Å². The summed E-state index contributed by atoms with van der Waals surface area (Å²) >= 11 is 3.49. The lowest BCUT2D eigenvalue weighted by Gasteiger charge is -2.16. The number of ether oxygens (including phenoxy) is 2. The van der Waals surface area contributed by atoms with Gasteiger partial charge < -0.3 is 14.8 Å². The minimum atomic E-state index is 0.209. The van der Waals surface area contributed by atoms with Crippen LogP contribution in [0.25, 0.3) is 0 Å². The van der Waals surface area contributed by atoms with Crippen molar-refractivity contribution in [2.45, 2.75) is 19.5 Å². The Balaban J connectivity index is 2.09. The van der Waals surface area contributed by atoms with Crippen LogP contribution in [0.2, 0.25) is 0 Å². The van der Waals surface area contributed by atoms with Crippen molar-refractivity contribution in [1.29, 1.82) is 0 Å². The number of nitrogens with one attached hydrogen (secondary N) is 1. The molecule has 0 aliphatic rings. The smallest absolute Gasteiger partial charge is 0.183 e. The summed E-state index contributed by atoms with van der Waals surface area (Å²) in [6.45, 7) is 2.72. The fraction of sp³-hybridized carbons (Fsp3) is 0.312. The van der Waals surface area contributed by atoms with Gasteiger partial charge in [-0.1, -0.05) is 28.1 Å². The minimum Gasteiger partial charge on any atom is -0.493 e. The summed E-state index contributed by atoms with van der Waals surface area (Å²) in [5.41, 5.74) is 2.05. The van der Waals surface area contributed by atoms with Crippen molar-refractivity contribution < 1.29 is 9.47 Å². The number of nitrogens with zero attached hydrogens (tertiary/aromatic N) is 1. The summed E-state index contributed by atoms with van der Waals surface area (Å²) in [4.78, 5) is 4.36. The van der Waals surface area contributed by atoms with E-state index in [9.17, 15) is 0 Å². The molecule has 0 aliphatic carbocycles. The molecule has 0 unspecified atom stereocenters. The number of halogens is 1. The summed E-state index contributed by atoms with van der Waals surface area (Å²) < 4.78 is 11.7. The van der Waals surface area contributed by atoms with Crippen molar-refractivity contribution in [3.63, 3.8) is 0 Å². The number of benzene rings is 1. The van der Waals surface area contributed by atoms with Crippen LogP contribution in [0.1, 0.15) is 24.2 Å². The highest BCUT2D eigenvalue weighted by Gasteiger charge is 2.12. The molecule has 1 heterocycles. The minimum absolute atomic E-state index is 0.209. The van der Waals surface area contributed by atoms with Gasteiger partial charge in [-0.25, -0.2) is 0 Å². The average Bonchev–Trinajstić information content (AvgIpc) is 2.51. The Morgan fingerprint density at radius 3 is 2.71 bits per heavy atom. The molecule has 112 valence electrons. The highest BCUT2D eigenvalue weighted by molar-refractivity contribution is 9.10. The Bertz CT molecular complexity index is 605. The lowest BCUT2D eigenvalue weighted by molar-refractivity contribution is 0.347. The van der Waals surface area contributed by atoms with Crippen molar-refractivity contribution in [1.82, 2.24) is 10.3 Å². The Morgan fingerprint density at radius 2 is 2.05 bits per heavy atom. The Kier molecular flexibility index (Phi) is 5.59. The zero-order valence-corrected chi connectivity index (χ0v) is 14.0. The lowest BCUT2D eigenvalue weighted by atomic mass is 10.1. The molecule has 0 aliphatic heterocycles. The van der Waals surface area contributed by atoms with Crippen molar-refractivity contribution in [3.8, 4) is 11.5 Å². The van der Waals surface area contributed by atoms with E-state index in [0.29, 0.717) is 18.0 Å². The average molecular weight is 351 g/mol. The Hall–Kier alpha value is -1.59. The maximum Gasteiger partial charge on any atom is 0.183 e. The highest BCUT2D eigenvalue weighted by atomic mass is 79.9. The molecule has 0 fully saturated rings. The Morgan fingerprint density at radius 1 is 1.24 bits per heavy atom. The van der Waals surface area contributed by atoms with Crippen molar-refractivity contribution in [2.75, 3.05) is 14.2 Å². The van der Waals surface area contributed by atoms with Gasteiger partial charge in [0.2, 0.25) is 0 Å². The molecule has 0 amide bonds. The van der Waals surface area contributed by atoms with E-state index < -0.39 is 0 Å². The van der Waals surface area contributed by atoms with E-state index in [1.165, 1.54) is 5.56 Å². The number of rotatable bonds is 6. The number of hydrogen-bond donors (Lipinski definition) is 1. The van der Waals surface area contributed by atoms with Gasteiger partial charge in [-0.3, -0.25) is 4.98 Å². The standard InChI is InChI=1S/C16H19BrN2O2/c1-11(12-5-4-6-13(17)9-12)19-10-14-16(21-3)15(20-2)7-8-18-14/h4-9,11,19H,10H2,1-3H3/t11-/m1/s1. The maximum absolute atomic E-state index is 5.39. The van der Waals surface area contributed by atoms with Crippen LogP contribution < -0.4 is 14.8 Å². The van der Waals surface area contributed by atoms with Crippen molar-refractivity contribution in [3.05, 3.63) is 52.3 Å². The molecule has 2 rings (SSSR count). The van der Waals surface area contributed by atoms with E-state index >= 15 is 0 Å². The Labute approximate surface area is 133 Å². The highest BCUT2D eigenvalue weighted by Crippen LogP contribution is 2.29. The molecule has 0 saturated heterocycles. The molecule has 2 aromatic rings. The number of methoxy groups -OCH3 is 2. The normalized spacial score (nSPS) is 12.0. The number of hydrogen-bond acceptors (Lipinski definition) is 4. The molecular formula is C16H19BrN2O2. The van der Waals surface area contributed by atoms with Gasteiger partial charge in [0, 0.05) is 29.3 Å². The first-order valence-electron chi connectivity index (χ1n) is 6.70. The second kappa shape index (κ2) is 7.43. The van der Waals surface area contributed by atoms with E-state index in [2.05, 4.69) is 45.3 Å². The first-order chi connectivity index (χ1) is 10.2. The molecule has 1 aromatic heterocycles. The molecule has 1 N–H and O–H groups in total.